The molecule has 0 aromatic carbocycles. The molecular weight excluding hydrogens is 248 g/mol. The molecule has 1 aliphatic heterocycles. The lowest BCUT2D eigenvalue weighted by atomic mass is 9.89. The Balaban J connectivity index is 1.98. The van der Waals surface area contributed by atoms with E-state index in [0.29, 0.717) is 12.1 Å². The van der Waals surface area contributed by atoms with Gasteiger partial charge in [-0.2, -0.15) is 5.10 Å². The van der Waals surface area contributed by atoms with Gasteiger partial charge in [0.25, 0.3) is 0 Å². The summed E-state index contributed by atoms with van der Waals surface area (Å²) in [7, 11) is 4.23. The Kier molecular flexibility index (Phi) is 4.55. The van der Waals surface area contributed by atoms with Gasteiger partial charge in [0, 0.05) is 42.9 Å². The third-order valence-corrected chi connectivity index (χ3v) is 4.40. The number of piperidine rings is 1. The lowest BCUT2D eigenvalue weighted by Gasteiger charge is -2.35. The van der Waals surface area contributed by atoms with Crippen molar-refractivity contribution in [2.24, 2.45) is 7.05 Å². The van der Waals surface area contributed by atoms with E-state index in [1.165, 1.54) is 30.6 Å². The van der Waals surface area contributed by atoms with Gasteiger partial charge in [0.05, 0.1) is 5.69 Å². The fourth-order valence-corrected chi connectivity index (χ4v) is 3.03. The maximum Gasteiger partial charge on any atom is 0.0722 e. The van der Waals surface area contributed by atoms with Gasteiger partial charge in [0.15, 0.2) is 0 Å². The van der Waals surface area contributed by atoms with Gasteiger partial charge in [-0.25, -0.2) is 0 Å². The standard InChI is InChI=1S/C16H30N4/c1-12-9-14(7-8-19(12)5)17-10-13-11-20(6)18-15(13)16(2,3)4/h11-12,14,17H,7-10H2,1-6H3. The maximum atomic E-state index is 4.64. The molecule has 0 spiro atoms. The highest BCUT2D eigenvalue weighted by Crippen LogP contribution is 2.24. The summed E-state index contributed by atoms with van der Waals surface area (Å²) in [6, 6.07) is 1.31. The molecule has 114 valence electrons. The minimum atomic E-state index is 0.109. The third-order valence-electron chi connectivity index (χ3n) is 4.40. The molecule has 0 saturated carbocycles. The van der Waals surface area contributed by atoms with Gasteiger partial charge in [-0.3, -0.25) is 4.68 Å². The van der Waals surface area contributed by atoms with Gasteiger partial charge in [-0.15, -0.1) is 0 Å². The van der Waals surface area contributed by atoms with E-state index >= 15 is 0 Å². The maximum absolute atomic E-state index is 4.64. The van der Waals surface area contributed by atoms with Gasteiger partial charge < -0.3 is 10.2 Å². The molecule has 4 nitrogen and oxygen atoms in total. The van der Waals surface area contributed by atoms with Gasteiger partial charge in [-0.1, -0.05) is 20.8 Å². The van der Waals surface area contributed by atoms with Crippen molar-refractivity contribution in [2.75, 3.05) is 13.6 Å². The third kappa shape index (κ3) is 3.61. The molecule has 0 radical (unpaired) electrons. The molecule has 2 unspecified atom stereocenters. The zero-order valence-electron chi connectivity index (χ0n) is 13.9. The number of nitrogens with one attached hydrogen (secondary N) is 1. The highest BCUT2D eigenvalue weighted by molar-refractivity contribution is 5.24. The number of likely N-dealkylation sites (tertiary alicyclic amines) is 1. The molecule has 0 amide bonds. The van der Waals surface area contributed by atoms with Crippen molar-refractivity contribution in [3.63, 3.8) is 0 Å². The Morgan fingerprint density at radius 2 is 2.05 bits per heavy atom. The van der Waals surface area contributed by atoms with Crippen LogP contribution in [0.5, 0.6) is 0 Å². The molecule has 1 N–H and O–H groups in total. The molecule has 0 bridgehead atoms. The lowest BCUT2D eigenvalue weighted by Crippen LogP contribution is -2.45. The molecule has 20 heavy (non-hydrogen) atoms. The number of aromatic nitrogens is 2. The summed E-state index contributed by atoms with van der Waals surface area (Å²) >= 11 is 0. The van der Waals surface area contributed by atoms with Crippen LogP contribution in [0.2, 0.25) is 0 Å². The van der Waals surface area contributed by atoms with Crippen molar-refractivity contribution in [1.82, 2.24) is 20.0 Å². The summed E-state index contributed by atoms with van der Waals surface area (Å²) in [5.41, 5.74) is 2.67. The second kappa shape index (κ2) is 5.86. The Labute approximate surface area is 123 Å². The van der Waals surface area contributed by atoms with Crippen molar-refractivity contribution in [2.45, 2.75) is 64.6 Å². The molecular formula is C16H30N4. The molecule has 1 saturated heterocycles. The van der Waals surface area contributed by atoms with Crippen LogP contribution in [-0.4, -0.2) is 40.4 Å². The zero-order chi connectivity index (χ0) is 14.9. The largest absolute Gasteiger partial charge is 0.310 e. The Hall–Kier alpha value is -0.870. The normalized spacial score (nSPS) is 25.1. The predicted molar refractivity (Wildman–Crippen MR) is 83.9 cm³/mol. The van der Waals surface area contributed by atoms with Gasteiger partial charge >= 0.3 is 0 Å². The molecule has 0 aliphatic carbocycles. The van der Waals surface area contributed by atoms with Crippen LogP contribution in [0.1, 0.15) is 51.8 Å². The second-order valence-electron chi connectivity index (χ2n) is 7.36. The van der Waals surface area contributed by atoms with Crippen LogP contribution in [0.4, 0.5) is 0 Å². The molecule has 2 atom stereocenters. The monoisotopic (exact) mass is 278 g/mol. The van der Waals surface area contributed by atoms with Crippen molar-refractivity contribution >= 4 is 0 Å². The fraction of sp³-hybridized carbons (Fsp3) is 0.812. The Bertz CT molecular complexity index is 444. The van der Waals surface area contributed by atoms with E-state index in [2.05, 4.69) is 56.3 Å². The first-order chi connectivity index (χ1) is 9.27. The average molecular weight is 278 g/mol. The SMILES string of the molecule is CC1CC(NCc2cn(C)nc2C(C)(C)C)CCN1C. The summed E-state index contributed by atoms with van der Waals surface area (Å²) in [4.78, 5) is 2.45. The smallest absolute Gasteiger partial charge is 0.0722 e. The zero-order valence-corrected chi connectivity index (χ0v) is 13.9. The second-order valence-corrected chi connectivity index (χ2v) is 7.36. The van der Waals surface area contributed by atoms with Crippen LogP contribution in [-0.2, 0) is 19.0 Å². The number of aryl methyl sites for hydroxylation is 1. The number of hydrogen-bond acceptors (Lipinski definition) is 3. The van der Waals surface area contributed by atoms with E-state index in [0.717, 1.165) is 6.54 Å². The molecule has 1 aromatic rings. The van der Waals surface area contributed by atoms with Crippen molar-refractivity contribution in [3.8, 4) is 0 Å². The summed E-state index contributed by atoms with van der Waals surface area (Å²) in [5.74, 6) is 0. The summed E-state index contributed by atoms with van der Waals surface area (Å²) in [6.07, 6.45) is 4.64. The van der Waals surface area contributed by atoms with E-state index in [-0.39, 0.29) is 5.41 Å². The van der Waals surface area contributed by atoms with Crippen LogP contribution >= 0.6 is 0 Å². The van der Waals surface area contributed by atoms with Crippen LogP contribution in [0, 0.1) is 0 Å². The van der Waals surface area contributed by atoms with Gasteiger partial charge in [-0.05, 0) is 33.4 Å². The van der Waals surface area contributed by atoms with E-state index in [1.807, 2.05) is 11.7 Å². The lowest BCUT2D eigenvalue weighted by molar-refractivity contribution is 0.168. The highest BCUT2D eigenvalue weighted by Gasteiger charge is 2.25. The first kappa shape index (κ1) is 15.5. The summed E-state index contributed by atoms with van der Waals surface area (Å²) in [6.45, 7) is 11.1. The van der Waals surface area contributed by atoms with E-state index < -0.39 is 0 Å². The topological polar surface area (TPSA) is 33.1 Å². The number of nitrogens with zero attached hydrogens (tertiary/aromatic N) is 3. The van der Waals surface area contributed by atoms with E-state index in [1.54, 1.807) is 0 Å². The summed E-state index contributed by atoms with van der Waals surface area (Å²) < 4.78 is 1.94. The van der Waals surface area contributed by atoms with Gasteiger partial charge in [0.2, 0.25) is 0 Å². The number of rotatable bonds is 3. The van der Waals surface area contributed by atoms with Crippen molar-refractivity contribution in [1.29, 1.82) is 0 Å². The molecule has 1 aliphatic rings. The summed E-state index contributed by atoms with van der Waals surface area (Å²) in [5, 5.41) is 8.38. The quantitative estimate of drug-likeness (QED) is 0.921. The van der Waals surface area contributed by atoms with Crippen LogP contribution in [0.3, 0.4) is 0 Å². The molecule has 1 fully saturated rings. The van der Waals surface area contributed by atoms with E-state index in [9.17, 15) is 0 Å². The first-order valence-electron chi connectivity index (χ1n) is 7.74. The van der Waals surface area contributed by atoms with Crippen molar-refractivity contribution in [3.05, 3.63) is 17.5 Å². The van der Waals surface area contributed by atoms with E-state index in [4.69, 9.17) is 0 Å². The average Bonchev–Trinajstić information content (AvgIpc) is 2.72. The molecule has 2 heterocycles. The number of hydrogen-bond donors (Lipinski definition) is 1. The van der Waals surface area contributed by atoms with Gasteiger partial charge in [0.1, 0.15) is 0 Å². The molecule has 1 aromatic heterocycles. The first-order valence-corrected chi connectivity index (χ1v) is 7.74. The minimum Gasteiger partial charge on any atom is -0.310 e. The van der Waals surface area contributed by atoms with Crippen molar-refractivity contribution < 1.29 is 0 Å². The highest BCUT2D eigenvalue weighted by atomic mass is 15.3. The predicted octanol–water partition coefficient (Wildman–Crippen LogP) is 2.29. The van der Waals surface area contributed by atoms with Crippen LogP contribution < -0.4 is 5.32 Å². The molecule has 2 rings (SSSR count). The van der Waals surface area contributed by atoms with Crippen LogP contribution in [0.25, 0.3) is 0 Å². The fourth-order valence-electron chi connectivity index (χ4n) is 3.03. The Morgan fingerprint density at radius 3 is 2.65 bits per heavy atom. The van der Waals surface area contributed by atoms with Crippen LogP contribution in [0.15, 0.2) is 6.20 Å². The Morgan fingerprint density at radius 1 is 1.35 bits per heavy atom. The molecule has 4 heteroatoms. The minimum absolute atomic E-state index is 0.109.